The van der Waals surface area contributed by atoms with Gasteiger partial charge in [0, 0.05) is 39.8 Å². The van der Waals surface area contributed by atoms with Crippen LogP contribution >= 0.6 is 0 Å². The molecular weight excluding hydrogens is 526 g/mol. The van der Waals surface area contributed by atoms with Crippen LogP contribution in [0.1, 0.15) is 11.1 Å². The molecule has 0 spiro atoms. The molecule has 0 bridgehead atoms. The average Bonchev–Trinajstić information content (AvgIpc) is 3.48. The molecule has 5 aromatic carbocycles. The average molecular weight is 552 g/mol. The third kappa shape index (κ3) is 4.67. The second kappa shape index (κ2) is 10.5. The van der Waals surface area contributed by atoms with E-state index in [-0.39, 0.29) is 0 Å². The maximum atomic E-state index is 4.99. The van der Waals surface area contributed by atoms with Crippen LogP contribution in [-0.4, -0.2) is 24.9 Å². The van der Waals surface area contributed by atoms with E-state index < -0.39 is 0 Å². The molecule has 202 valence electrons. The van der Waals surface area contributed by atoms with Crippen LogP contribution in [-0.2, 0) is 6.42 Å². The Morgan fingerprint density at radius 2 is 0.907 bits per heavy atom. The molecule has 43 heavy (non-hydrogen) atoms. The summed E-state index contributed by atoms with van der Waals surface area (Å²) in [6.45, 7) is 0. The maximum absolute atomic E-state index is 4.99. The number of benzene rings is 5. The second-order valence-corrected chi connectivity index (χ2v) is 10.6. The Bertz CT molecular complexity index is 2090. The summed E-state index contributed by atoms with van der Waals surface area (Å²) in [6, 6.07) is 45.6. The summed E-state index contributed by atoms with van der Waals surface area (Å²) in [5.74, 6) is 1.88. The van der Waals surface area contributed by atoms with Gasteiger partial charge in [-0.15, -0.1) is 0 Å². The Hall–Kier alpha value is -5.81. The SMILES string of the molecule is c1ccc(-c2ccc(-c3nc(-c4ccccc4)nc(-c4cccc(-c5ncnc6c5Cc5ccccc5-6)c4)n3)cc2)cc1. The van der Waals surface area contributed by atoms with Crippen LogP contribution in [0.3, 0.4) is 0 Å². The van der Waals surface area contributed by atoms with E-state index in [1.54, 1.807) is 6.33 Å². The van der Waals surface area contributed by atoms with Gasteiger partial charge in [-0.05, 0) is 22.8 Å². The molecule has 0 saturated carbocycles. The Morgan fingerprint density at radius 3 is 1.65 bits per heavy atom. The molecular formula is C38H25N5. The van der Waals surface area contributed by atoms with Gasteiger partial charge < -0.3 is 0 Å². The highest BCUT2D eigenvalue weighted by Gasteiger charge is 2.24. The van der Waals surface area contributed by atoms with Gasteiger partial charge >= 0.3 is 0 Å². The fraction of sp³-hybridized carbons (Fsp3) is 0.0263. The largest absolute Gasteiger partial charge is 0.236 e. The molecule has 0 fully saturated rings. The maximum Gasteiger partial charge on any atom is 0.164 e. The zero-order valence-electron chi connectivity index (χ0n) is 23.2. The van der Waals surface area contributed by atoms with E-state index in [1.807, 2.05) is 48.5 Å². The zero-order valence-corrected chi connectivity index (χ0v) is 23.2. The van der Waals surface area contributed by atoms with Gasteiger partial charge in [-0.1, -0.05) is 127 Å². The van der Waals surface area contributed by atoms with Crippen molar-refractivity contribution in [3.05, 3.63) is 151 Å². The molecule has 0 atom stereocenters. The standard InChI is InChI=1S/C38H25N5/c1-3-10-25(11-4-1)26-18-20-28(21-19-26)37-41-36(27-12-5-2-6-13-27)42-38(43-37)31-16-9-15-30(22-31)34-33-23-29-14-7-8-17-32(29)35(33)40-24-39-34/h1-22,24H,23H2. The van der Waals surface area contributed by atoms with Gasteiger partial charge in [0.2, 0.25) is 0 Å². The zero-order chi connectivity index (χ0) is 28.6. The second-order valence-electron chi connectivity index (χ2n) is 10.6. The highest BCUT2D eigenvalue weighted by molar-refractivity contribution is 5.81. The fourth-order valence-electron chi connectivity index (χ4n) is 5.75. The lowest BCUT2D eigenvalue weighted by Crippen LogP contribution is -2.00. The van der Waals surface area contributed by atoms with Crippen LogP contribution in [0.5, 0.6) is 0 Å². The topological polar surface area (TPSA) is 64.5 Å². The summed E-state index contributed by atoms with van der Waals surface area (Å²) >= 11 is 0. The van der Waals surface area contributed by atoms with Gasteiger partial charge in [0.1, 0.15) is 6.33 Å². The van der Waals surface area contributed by atoms with Crippen molar-refractivity contribution in [3.63, 3.8) is 0 Å². The van der Waals surface area contributed by atoms with Crippen molar-refractivity contribution in [2.75, 3.05) is 0 Å². The van der Waals surface area contributed by atoms with Crippen LogP contribution in [0.25, 0.3) is 67.8 Å². The number of rotatable bonds is 5. The Balaban J connectivity index is 1.22. The number of nitrogens with zero attached hydrogens (tertiary/aromatic N) is 5. The molecule has 1 aliphatic rings. The molecule has 2 heterocycles. The van der Waals surface area contributed by atoms with Gasteiger partial charge in [-0.2, -0.15) is 0 Å². The molecule has 0 N–H and O–H groups in total. The van der Waals surface area contributed by atoms with Crippen molar-refractivity contribution in [2.45, 2.75) is 6.42 Å². The van der Waals surface area contributed by atoms with Gasteiger partial charge in [0.05, 0.1) is 11.4 Å². The van der Waals surface area contributed by atoms with Gasteiger partial charge in [-0.25, -0.2) is 24.9 Å². The highest BCUT2D eigenvalue weighted by Crippen LogP contribution is 2.39. The number of fused-ring (bicyclic) bond motifs is 3. The quantitative estimate of drug-likeness (QED) is 0.214. The van der Waals surface area contributed by atoms with Crippen LogP contribution in [0.2, 0.25) is 0 Å². The molecule has 5 heteroatoms. The minimum Gasteiger partial charge on any atom is -0.236 e. The van der Waals surface area contributed by atoms with Crippen LogP contribution in [0.15, 0.2) is 140 Å². The van der Waals surface area contributed by atoms with E-state index >= 15 is 0 Å². The van der Waals surface area contributed by atoms with Gasteiger partial charge in [0.25, 0.3) is 0 Å². The monoisotopic (exact) mass is 551 g/mol. The lowest BCUT2D eigenvalue weighted by atomic mass is 10.0. The first-order valence-corrected chi connectivity index (χ1v) is 14.3. The van der Waals surface area contributed by atoms with E-state index in [9.17, 15) is 0 Å². The minimum atomic E-state index is 0.617. The lowest BCUT2D eigenvalue weighted by Gasteiger charge is -2.11. The first-order valence-electron chi connectivity index (χ1n) is 14.3. The number of hydrogen-bond acceptors (Lipinski definition) is 5. The summed E-state index contributed by atoms with van der Waals surface area (Å²) in [5, 5.41) is 0. The fourth-order valence-corrected chi connectivity index (χ4v) is 5.75. The molecule has 0 radical (unpaired) electrons. The van der Waals surface area contributed by atoms with Gasteiger partial charge in [0.15, 0.2) is 17.5 Å². The van der Waals surface area contributed by atoms with Crippen molar-refractivity contribution in [3.8, 4) is 67.8 Å². The molecule has 7 aromatic rings. The molecule has 2 aromatic heterocycles. The van der Waals surface area contributed by atoms with Crippen LogP contribution in [0.4, 0.5) is 0 Å². The molecule has 5 nitrogen and oxygen atoms in total. The van der Waals surface area contributed by atoms with E-state index in [4.69, 9.17) is 19.9 Å². The first-order chi connectivity index (χ1) is 21.3. The minimum absolute atomic E-state index is 0.617. The van der Waals surface area contributed by atoms with Crippen molar-refractivity contribution in [1.29, 1.82) is 0 Å². The van der Waals surface area contributed by atoms with E-state index in [0.717, 1.165) is 51.2 Å². The Labute approximate surface area is 249 Å². The predicted octanol–water partition coefficient (Wildman–Crippen LogP) is 8.57. The van der Waals surface area contributed by atoms with E-state index in [1.165, 1.54) is 16.7 Å². The molecule has 0 amide bonds. The van der Waals surface area contributed by atoms with Crippen LogP contribution < -0.4 is 0 Å². The van der Waals surface area contributed by atoms with Gasteiger partial charge in [-0.3, -0.25) is 0 Å². The Kier molecular flexibility index (Phi) is 6.12. The van der Waals surface area contributed by atoms with Crippen molar-refractivity contribution < 1.29 is 0 Å². The third-order valence-electron chi connectivity index (χ3n) is 7.90. The van der Waals surface area contributed by atoms with Crippen molar-refractivity contribution in [1.82, 2.24) is 24.9 Å². The van der Waals surface area contributed by atoms with Crippen LogP contribution in [0, 0.1) is 0 Å². The summed E-state index contributed by atoms with van der Waals surface area (Å²) in [4.78, 5) is 24.2. The molecule has 1 aliphatic carbocycles. The smallest absolute Gasteiger partial charge is 0.164 e. The number of hydrogen-bond donors (Lipinski definition) is 0. The first kappa shape index (κ1) is 24.9. The van der Waals surface area contributed by atoms with E-state index in [0.29, 0.717) is 17.5 Å². The van der Waals surface area contributed by atoms with E-state index in [2.05, 4.69) is 89.9 Å². The Morgan fingerprint density at radius 1 is 0.395 bits per heavy atom. The number of aromatic nitrogens is 5. The predicted molar refractivity (Wildman–Crippen MR) is 171 cm³/mol. The molecule has 0 saturated heterocycles. The molecule has 0 aliphatic heterocycles. The molecule has 0 unspecified atom stereocenters. The summed E-state index contributed by atoms with van der Waals surface area (Å²) in [7, 11) is 0. The normalized spacial score (nSPS) is 11.6. The third-order valence-corrected chi connectivity index (χ3v) is 7.90. The summed E-state index contributed by atoms with van der Waals surface area (Å²) < 4.78 is 0. The highest BCUT2D eigenvalue weighted by atomic mass is 15.0. The molecule has 8 rings (SSSR count). The van der Waals surface area contributed by atoms with Crippen molar-refractivity contribution in [2.24, 2.45) is 0 Å². The van der Waals surface area contributed by atoms with Crippen molar-refractivity contribution >= 4 is 0 Å². The lowest BCUT2D eigenvalue weighted by molar-refractivity contribution is 1.07. The summed E-state index contributed by atoms with van der Waals surface area (Å²) in [6.07, 6.45) is 2.48. The summed E-state index contributed by atoms with van der Waals surface area (Å²) in [5.41, 5.74) is 11.7.